The maximum absolute atomic E-state index is 12.3. The standard InChI is InChI=1S/C17H26N5O12P3S2/c1-10(39-38-2)31-12-6-14(22-7-11(4-3-5-18)15-16(19)20-9-21-17(15)22)32-13(12)8-30-36(26,27)34-37(28,29)33-35(23,24)25/h7,9-10,12-14H,5-6,8,18H2,1-2H3,(H,26,27)(H,28,29)(H2,19,20,21)(H2,23,24,25)/t10-,12-,13-,14-/m1/s1. The van der Waals surface area contributed by atoms with Crippen molar-refractivity contribution in [2.75, 3.05) is 25.1 Å². The Hall–Kier alpha value is -1.03. The molecule has 6 atom stereocenters. The van der Waals surface area contributed by atoms with E-state index in [4.69, 9.17) is 35.3 Å². The molecule has 0 amide bonds. The molecule has 8 N–H and O–H groups in total. The SMILES string of the molecule is CSS[C@H](C)O[C@@H]1C[C@H](n2cc(C#CCN)c3c(N)ncnc32)O[C@@H]1COP(=O)(O)OP(=O)(O)OP(=O)(O)O. The van der Waals surface area contributed by atoms with E-state index < -0.39 is 48.5 Å². The topological polar surface area (TPSA) is 261 Å². The Balaban J connectivity index is 1.85. The van der Waals surface area contributed by atoms with Crippen molar-refractivity contribution >= 4 is 61.9 Å². The minimum Gasteiger partial charge on any atom is -0.383 e. The lowest BCUT2D eigenvalue weighted by Gasteiger charge is -2.23. The average Bonchev–Trinajstić information content (AvgIpc) is 3.36. The lowest BCUT2D eigenvalue weighted by atomic mass is 10.2. The van der Waals surface area contributed by atoms with Crippen LogP contribution in [0.3, 0.4) is 0 Å². The fourth-order valence-corrected chi connectivity index (χ4v) is 8.05. The number of hydrogen-bond donors (Lipinski definition) is 6. The third kappa shape index (κ3) is 9.23. The van der Waals surface area contributed by atoms with Crippen LogP contribution in [-0.2, 0) is 36.3 Å². The van der Waals surface area contributed by atoms with Gasteiger partial charge in [0.2, 0.25) is 0 Å². The van der Waals surface area contributed by atoms with Gasteiger partial charge in [-0.25, -0.2) is 23.7 Å². The van der Waals surface area contributed by atoms with Crippen molar-refractivity contribution in [3.05, 3.63) is 18.1 Å². The smallest absolute Gasteiger partial charge is 0.383 e. The van der Waals surface area contributed by atoms with Crippen LogP contribution in [0.5, 0.6) is 0 Å². The summed E-state index contributed by atoms with van der Waals surface area (Å²) in [6.07, 6.45) is 2.49. The third-order valence-electron chi connectivity index (χ3n) is 4.87. The van der Waals surface area contributed by atoms with Gasteiger partial charge in [0.25, 0.3) is 0 Å². The molecule has 3 rings (SSSR count). The van der Waals surface area contributed by atoms with Gasteiger partial charge in [-0.3, -0.25) is 4.52 Å². The summed E-state index contributed by atoms with van der Waals surface area (Å²) in [5, 5.41) is 0.475. The molecule has 17 nitrogen and oxygen atoms in total. The number of rotatable bonds is 12. The highest BCUT2D eigenvalue weighted by Crippen LogP contribution is 2.66. The van der Waals surface area contributed by atoms with Crippen LogP contribution in [0.25, 0.3) is 11.0 Å². The number of ether oxygens (including phenoxy) is 2. The summed E-state index contributed by atoms with van der Waals surface area (Å²) < 4.78 is 60.8. The first-order valence-electron chi connectivity index (χ1n) is 10.7. The summed E-state index contributed by atoms with van der Waals surface area (Å²) in [6, 6.07) is 0. The lowest BCUT2D eigenvalue weighted by Crippen LogP contribution is -2.30. The van der Waals surface area contributed by atoms with E-state index >= 15 is 0 Å². The van der Waals surface area contributed by atoms with Crippen molar-refractivity contribution in [2.24, 2.45) is 5.73 Å². The number of phosphoric ester groups is 1. The van der Waals surface area contributed by atoms with E-state index in [9.17, 15) is 23.5 Å². The number of anilines is 1. The molecule has 0 spiro atoms. The largest absolute Gasteiger partial charge is 0.490 e. The van der Waals surface area contributed by atoms with E-state index in [0.29, 0.717) is 16.6 Å². The molecule has 39 heavy (non-hydrogen) atoms. The van der Waals surface area contributed by atoms with E-state index in [1.807, 2.05) is 6.26 Å². The highest BCUT2D eigenvalue weighted by atomic mass is 33.1. The summed E-state index contributed by atoms with van der Waals surface area (Å²) in [4.78, 5) is 44.9. The molecule has 1 fully saturated rings. The van der Waals surface area contributed by atoms with Crippen LogP contribution >= 0.6 is 45.1 Å². The second-order valence-electron chi connectivity index (χ2n) is 7.67. The zero-order valence-corrected chi connectivity index (χ0v) is 24.6. The van der Waals surface area contributed by atoms with E-state index in [2.05, 4.69) is 30.4 Å². The van der Waals surface area contributed by atoms with E-state index in [1.54, 1.807) is 17.7 Å². The molecular weight excluding hydrogens is 623 g/mol. The first-order chi connectivity index (χ1) is 18.1. The van der Waals surface area contributed by atoms with Gasteiger partial charge in [0.1, 0.15) is 35.6 Å². The summed E-state index contributed by atoms with van der Waals surface area (Å²) >= 11 is 0. The van der Waals surface area contributed by atoms with Gasteiger partial charge in [-0.05, 0) is 13.2 Å². The second-order valence-corrected chi connectivity index (χ2v) is 14.9. The molecular formula is C17H26N5O12P3S2. The molecule has 0 radical (unpaired) electrons. The number of nitrogen functional groups attached to an aromatic ring is 1. The molecule has 1 saturated heterocycles. The maximum atomic E-state index is 12.3. The predicted molar refractivity (Wildman–Crippen MR) is 142 cm³/mol. The van der Waals surface area contributed by atoms with Crippen molar-refractivity contribution in [3.8, 4) is 11.8 Å². The van der Waals surface area contributed by atoms with Crippen molar-refractivity contribution in [2.45, 2.75) is 37.2 Å². The Morgan fingerprint density at radius 3 is 2.59 bits per heavy atom. The van der Waals surface area contributed by atoms with Gasteiger partial charge in [0, 0.05) is 12.6 Å². The van der Waals surface area contributed by atoms with E-state index in [-0.39, 0.29) is 24.2 Å². The summed E-state index contributed by atoms with van der Waals surface area (Å²) in [7, 11) is -13.7. The third-order valence-corrected chi connectivity index (χ3v) is 10.6. The summed E-state index contributed by atoms with van der Waals surface area (Å²) in [6.45, 7) is 1.20. The van der Waals surface area contributed by atoms with Gasteiger partial charge in [-0.2, -0.15) is 8.62 Å². The van der Waals surface area contributed by atoms with Crippen LogP contribution < -0.4 is 11.5 Å². The molecule has 0 aliphatic carbocycles. The number of hydrogen-bond acceptors (Lipinski definition) is 14. The fraction of sp³-hybridized carbons (Fsp3) is 0.529. The van der Waals surface area contributed by atoms with Gasteiger partial charge in [0.05, 0.1) is 30.2 Å². The van der Waals surface area contributed by atoms with Crippen LogP contribution in [0, 0.1) is 11.8 Å². The lowest BCUT2D eigenvalue weighted by molar-refractivity contribution is -0.0616. The monoisotopic (exact) mass is 649 g/mol. The molecule has 1 aliphatic rings. The Morgan fingerprint density at radius 2 is 1.95 bits per heavy atom. The number of nitrogens with two attached hydrogens (primary N) is 2. The highest BCUT2D eigenvalue weighted by molar-refractivity contribution is 8.76. The summed E-state index contributed by atoms with van der Waals surface area (Å²) in [5.74, 6) is 5.83. The minimum absolute atomic E-state index is 0.101. The Labute approximate surface area is 230 Å². The zero-order valence-electron chi connectivity index (χ0n) is 20.3. The first-order valence-corrected chi connectivity index (χ1v) is 17.9. The summed E-state index contributed by atoms with van der Waals surface area (Å²) in [5.41, 5.74) is 12.1. The van der Waals surface area contributed by atoms with Gasteiger partial charge in [-0.1, -0.05) is 33.4 Å². The van der Waals surface area contributed by atoms with Crippen molar-refractivity contribution in [1.29, 1.82) is 0 Å². The molecule has 1 aliphatic heterocycles. The van der Waals surface area contributed by atoms with Crippen molar-refractivity contribution < 1.29 is 55.9 Å². The van der Waals surface area contributed by atoms with Crippen LogP contribution in [0.2, 0.25) is 0 Å². The Morgan fingerprint density at radius 1 is 1.23 bits per heavy atom. The maximum Gasteiger partial charge on any atom is 0.490 e. The molecule has 22 heteroatoms. The van der Waals surface area contributed by atoms with Crippen LogP contribution in [0.15, 0.2) is 12.5 Å². The second kappa shape index (κ2) is 13.3. The quantitative estimate of drug-likeness (QED) is 0.0827. The minimum atomic E-state index is -5.67. The molecule has 0 aromatic carbocycles. The Kier molecular flexibility index (Phi) is 11.1. The fourth-order valence-electron chi connectivity index (χ4n) is 3.61. The van der Waals surface area contributed by atoms with Crippen molar-refractivity contribution in [1.82, 2.24) is 14.5 Å². The average molecular weight is 649 g/mol. The van der Waals surface area contributed by atoms with E-state index in [0.717, 1.165) is 0 Å². The van der Waals surface area contributed by atoms with Gasteiger partial charge < -0.3 is 45.1 Å². The first kappa shape index (κ1) is 32.5. The number of phosphoric acid groups is 3. The van der Waals surface area contributed by atoms with Crippen molar-refractivity contribution in [3.63, 3.8) is 0 Å². The number of fused-ring (bicyclic) bond motifs is 1. The highest BCUT2D eigenvalue weighted by Gasteiger charge is 2.44. The van der Waals surface area contributed by atoms with Gasteiger partial charge in [0.15, 0.2) is 0 Å². The van der Waals surface area contributed by atoms with E-state index in [1.165, 1.54) is 27.9 Å². The van der Waals surface area contributed by atoms with Crippen LogP contribution in [0.1, 0.15) is 25.1 Å². The molecule has 0 bridgehead atoms. The molecule has 2 aromatic heterocycles. The molecule has 2 unspecified atom stereocenters. The zero-order chi connectivity index (χ0) is 29.0. The number of nitrogens with zero attached hydrogens (tertiary/aromatic N) is 3. The normalized spacial score (nSPS) is 23.6. The van der Waals surface area contributed by atoms with Gasteiger partial charge >= 0.3 is 23.5 Å². The Bertz CT molecular complexity index is 1380. The van der Waals surface area contributed by atoms with Crippen LogP contribution in [0.4, 0.5) is 5.82 Å². The molecule has 0 saturated carbocycles. The number of aromatic nitrogens is 3. The molecule has 2 aromatic rings. The van der Waals surface area contributed by atoms with Crippen LogP contribution in [-0.4, -0.2) is 71.2 Å². The molecule has 218 valence electrons. The predicted octanol–water partition coefficient (Wildman–Crippen LogP) is 1.70. The molecule has 3 heterocycles. The van der Waals surface area contributed by atoms with Gasteiger partial charge in [-0.15, -0.1) is 0 Å².